The molecule has 0 aliphatic carbocycles. The third-order valence-electron chi connectivity index (χ3n) is 17.9. The molecule has 0 heterocycles. The smallest absolute Gasteiger partial charge is 0.306 e. The maximum absolute atomic E-state index is 14.5. The Balaban J connectivity index is 7.38. The summed E-state index contributed by atoms with van der Waals surface area (Å²) in [6.45, 7) is 12.3. The minimum atomic E-state index is -1.59. The van der Waals surface area contributed by atoms with E-state index in [0.717, 1.165) is 141 Å². The summed E-state index contributed by atoms with van der Waals surface area (Å²) in [6, 6.07) is 0. The molecule has 0 aliphatic heterocycles. The van der Waals surface area contributed by atoms with Crippen molar-refractivity contribution >= 4 is 35.8 Å². The van der Waals surface area contributed by atoms with Crippen molar-refractivity contribution in [2.24, 2.45) is 0 Å². The first-order chi connectivity index (χ1) is 44.1. The van der Waals surface area contributed by atoms with Crippen LogP contribution in [0.2, 0.25) is 0 Å². The Morgan fingerprint density at radius 1 is 0.189 bits per heavy atom. The van der Waals surface area contributed by atoms with Gasteiger partial charge in [0, 0.05) is 38.5 Å². The zero-order valence-corrected chi connectivity index (χ0v) is 60.0. The lowest BCUT2D eigenvalue weighted by Crippen LogP contribution is -2.54. The largest absolute Gasteiger partial charge is 0.462 e. The van der Waals surface area contributed by atoms with Gasteiger partial charge in [0.05, 0.1) is 0 Å². The van der Waals surface area contributed by atoms with E-state index in [-0.39, 0.29) is 38.5 Å². The SMILES string of the molecule is CCCCCCCCCCCC(=O)OC[C@@H](OC(=O)CCCCCCCCCCC)[C@@H](OC(=O)CCCCCCCCCCC)[C@H](OC(=O)CCCCCCCCCCC)[C@@H](COC(=O)CCCCCCCCCCC)OC(=O)CCCCCCCCCCC. The second kappa shape index (κ2) is 68.7. The van der Waals surface area contributed by atoms with Gasteiger partial charge in [-0.1, -0.05) is 350 Å². The first kappa shape index (κ1) is 86.8. The Kier molecular flexibility index (Phi) is 66.2. The van der Waals surface area contributed by atoms with E-state index in [4.69, 9.17) is 28.4 Å². The Bertz CT molecular complexity index is 1500. The molecule has 0 fully saturated rings. The van der Waals surface area contributed by atoms with E-state index in [1.165, 1.54) is 167 Å². The Morgan fingerprint density at radius 3 is 0.511 bits per heavy atom. The minimum Gasteiger partial charge on any atom is -0.462 e. The molecular weight excluding hydrogens is 1130 g/mol. The lowest BCUT2D eigenvalue weighted by atomic mass is 10.0. The van der Waals surface area contributed by atoms with Gasteiger partial charge in [-0.3, -0.25) is 28.8 Å². The number of rotatable bonds is 71. The molecule has 0 aromatic carbocycles. The number of ether oxygens (including phenoxy) is 6. The molecule has 12 heteroatoms. The monoisotopic (exact) mass is 1280 g/mol. The highest BCUT2D eigenvalue weighted by atomic mass is 16.6. The summed E-state index contributed by atoms with van der Waals surface area (Å²) in [4.78, 5) is 84.9. The van der Waals surface area contributed by atoms with Crippen molar-refractivity contribution in [2.45, 2.75) is 451 Å². The van der Waals surface area contributed by atoms with E-state index in [0.29, 0.717) is 38.5 Å². The van der Waals surface area contributed by atoms with Crippen molar-refractivity contribution in [3.05, 3.63) is 0 Å². The molecule has 0 N–H and O–H groups in total. The minimum absolute atomic E-state index is 0.0414. The molecule has 12 nitrogen and oxygen atoms in total. The molecule has 0 aromatic heterocycles. The molecule has 0 saturated carbocycles. The maximum atomic E-state index is 14.5. The van der Waals surface area contributed by atoms with E-state index in [9.17, 15) is 28.8 Å². The normalized spacial score (nSPS) is 12.7. The molecule has 0 bridgehead atoms. The summed E-state index contributed by atoms with van der Waals surface area (Å²) in [5.74, 6) is -3.30. The molecule has 0 amide bonds. The van der Waals surface area contributed by atoms with Crippen LogP contribution in [0.1, 0.15) is 427 Å². The second-order valence-corrected chi connectivity index (χ2v) is 26.8. The molecular formula is C78H146O12. The van der Waals surface area contributed by atoms with Crippen LogP contribution in [0.15, 0.2) is 0 Å². The van der Waals surface area contributed by atoms with Crippen molar-refractivity contribution < 1.29 is 57.2 Å². The van der Waals surface area contributed by atoms with Crippen LogP contribution in [0.5, 0.6) is 0 Å². The molecule has 90 heavy (non-hydrogen) atoms. The van der Waals surface area contributed by atoms with Crippen molar-refractivity contribution in [1.82, 2.24) is 0 Å². The number of unbranched alkanes of at least 4 members (excludes halogenated alkanes) is 48. The summed E-state index contributed by atoms with van der Waals surface area (Å²) in [6.07, 6.45) is 51.7. The van der Waals surface area contributed by atoms with E-state index in [1.54, 1.807) is 0 Å². The average molecular weight is 1280 g/mol. The van der Waals surface area contributed by atoms with Crippen LogP contribution in [0.25, 0.3) is 0 Å². The molecule has 0 spiro atoms. The lowest BCUT2D eigenvalue weighted by molar-refractivity contribution is -0.209. The fraction of sp³-hybridized carbons (Fsp3) is 0.923. The zero-order chi connectivity index (χ0) is 65.9. The van der Waals surface area contributed by atoms with Gasteiger partial charge >= 0.3 is 35.8 Å². The number of carbonyl (C=O) groups is 6. The van der Waals surface area contributed by atoms with Gasteiger partial charge in [0.25, 0.3) is 0 Å². The van der Waals surface area contributed by atoms with Crippen LogP contribution in [-0.2, 0) is 57.2 Å². The second-order valence-electron chi connectivity index (χ2n) is 26.8. The van der Waals surface area contributed by atoms with Crippen LogP contribution in [0, 0.1) is 0 Å². The first-order valence-electron chi connectivity index (χ1n) is 39.2. The van der Waals surface area contributed by atoms with Gasteiger partial charge in [0.1, 0.15) is 13.2 Å². The molecule has 0 aliphatic rings. The van der Waals surface area contributed by atoms with Crippen LogP contribution in [-0.4, -0.2) is 73.4 Å². The van der Waals surface area contributed by atoms with Gasteiger partial charge in [-0.05, 0) is 38.5 Å². The number of carbonyl (C=O) groups excluding carboxylic acids is 6. The van der Waals surface area contributed by atoms with Crippen molar-refractivity contribution in [2.75, 3.05) is 13.2 Å². The van der Waals surface area contributed by atoms with Crippen molar-refractivity contribution in [3.63, 3.8) is 0 Å². The summed E-state index contributed by atoms with van der Waals surface area (Å²) in [5.41, 5.74) is 0. The van der Waals surface area contributed by atoms with Gasteiger partial charge in [0.2, 0.25) is 0 Å². The summed E-state index contributed by atoms with van der Waals surface area (Å²) < 4.78 is 37.7. The van der Waals surface area contributed by atoms with Gasteiger partial charge < -0.3 is 28.4 Å². The summed E-state index contributed by atoms with van der Waals surface area (Å²) in [5, 5.41) is 0. The van der Waals surface area contributed by atoms with Gasteiger partial charge in [0.15, 0.2) is 24.4 Å². The van der Waals surface area contributed by atoms with Crippen LogP contribution >= 0.6 is 0 Å². The third-order valence-corrected chi connectivity index (χ3v) is 17.9. The Labute approximate surface area is 554 Å². The molecule has 0 saturated heterocycles. The Hall–Kier alpha value is -3.18. The standard InChI is InChI=1S/C78H146O12/c1-7-13-19-25-31-37-43-49-55-61-71(79)85-67-69(87-73(81)63-57-51-45-39-33-27-21-15-9-3)77(89-75(83)65-59-53-47-41-35-29-23-17-11-5)78(90-76(84)66-60-54-48-42-36-30-24-18-12-6)70(88-74(82)64-58-52-46-40-34-28-22-16-10-4)68-86-72(80)62-56-50-44-38-32-26-20-14-8-2/h69-70,77-78H,7-68H2,1-6H3/t69-,70-,77-,78-/m1/s1. The highest BCUT2D eigenvalue weighted by Crippen LogP contribution is 2.26. The number of esters is 6. The number of hydrogen-bond acceptors (Lipinski definition) is 12. The van der Waals surface area contributed by atoms with Crippen molar-refractivity contribution in [1.29, 1.82) is 0 Å². The third kappa shape index (κ3) is 58.6. The van der Waals surface area contributed by atoms with Gasteiger partial charge in [-0.2, -0.15) is 0 Å². The Morgan fingerprint density at radius 2 is 0.333 bits per heavy atom. The highest BCUT2D eigenvalue weighted by Gasteiger charge is 2.45. The van der Waals surface area contributed by atoms with E-state index >= 15 is 0 Å². The molecule has 0 radical (unpaired) electrons. The summed E-state index contributed by atoms with van der Waals surface area (Å²) in [7, 11) is 0. The summed E-state index contributed by atoms with van der Waals surface area (Å²) >= 11 is 0. The van der Waals surface area contributed by atoms with Crippen molar-refractivity contribution in [3.8, 4) is 0 Å². The van der Waals surface area contributed by atoms with Gasteiger partial charge in [-0.25, -0.2) is 0 Å². The average Bonchev–Trinajstić information content (AvgIpc) is 3.69. The predicted molar refractivity (Wildman–Crippen MR) is 373 cm³/mol. The zero-order valence-electron chi connectivity index (χ0n) is 60.0. The van der Waals surface area contributed by atoms with E-state index in [2.05, 4.69) is 41.5 Å². The van der Waals surface area contributed by atoms with Gasteiger partial charge in [-0.15, -0.1) is 0 Å². The maximum Gasteiger partial charge on any atom is 0.306 e. The van der Waals surface area contributed by atoms with Crippen LogP contribution in [0.4, 0.5) is 0 Å². The molecule has 530 valence electrons. The van der Waals surface area contributed by atoms with E-state index in [1.807, 2.05) is 0 Å². The highest BCUT2D eigenvalue weighted by molar-refractivity contribution is 5.73. The first-order valence-corrected chi connectivity index (χ1v) is 39.2. The predicted octanol–water partition coefficient (Wildman–Crippen LogP) is 23.2. The quantitative estimate of drug-likeness (QED) is 0.0323. The fourth-order valence-electron chi connectivity index (χ4n) is 12.0. The lowest BCUT2D eigenvalue weighted by Gasteiger charge is -2.36. The van der Waals surface area contributed by atoms with E-state index < -0.39 is 73.4 Å². The molecule has 0 rings (SSSR count). The van der Waals surface area contributed by atoms with Crippen LogP contribution in [0.3, 0.4) is 0 Å². The molecule has 4 atom stereocenters. The fourth-order valence-corrected chi connectivity index (χ4v) is 12.0. The topological polar surface area (TPSA) is 158 Å². The molecule has 0 aromatic rings. The molecule has 0 unspecified atom stereocenters. The van der Waals surface area contributed by atoms with Crippen LogP contribution < -0.4 is 0 Å². The number of hydrogen-bond donors (Lipinski definition) is 0.